The number of nitrogens with zero attached hydrogens (tertiary/aromatic N) is 3. The summed E-state index contributed by atoms with van der Waals surface area (Å²) < 4.78 is 10.5. The average molecular weight is 364 g/mol. The van der Waals surface area contributed by atoms with Gasteiger partial charge in [0.25, 0.3) is 0 Å². The number of urea groups is 1. The van der Waals surface area contributed by atoms with Gasteiger partial charge in [-0.05, 0) is 12.1 Å². The number of aliphatic hydroxyl groups excluding tert-OH is 3. The highest BCUT2D eigenvalue weighted by Crippen LogP contribution is 2.26. The highest BCUT2D eigenvalue weighted by atomic mass is 35.5. The zero-order chi connectivity index (χ0) is 17.7. The molecule has 0 radical (unpaired) electrons. The second-order valence-electron chi connectivity index (χ2n) is 5.11. The van der Waals surface area contributed by atoms with E-state index in [4.69, 9.17) is 20.8 Å². The molecule has 4 atom stereocenters. The van der Waals surface area contributed by atoms with E-state index in [0.29, 0.717) is 10.8 Å². The van der Waals surface area contributed by atoms with Crippen molar-refractivity contribution in [1.29, 1.82) is 0 Å². The van der Waals surface area contributed by atoms with Crippen LogP contribution in [-0.4, -0.2) is 74.8 Å². The monoisotopic (exact) mass is 363 g/mol. The number of aliphatic hydroxyl groups is 3. The van der Waals surface area contributed by atoms with Gasteiger partial charge in [0.15, 0.2) is 6.23 Å². The molecule has 1 aromatic rings. The lowest BCUT2D eigenvalue weighted by Gasteiger charge is -2.31. The lowest BCUT2D eigenvalue weighted by atomic mass is 10.1. The number of nitroso groups, excluding NO2 is 1. The minimum absolute atomic E-state index is 0.0258. The number of carbonyl (C=O) groups excluding carboxylic acids is 1. The zero-order valence-corrected chi connectivity index (χ0v) is 13.3. The zero-order valence-electron chi connectivity index (χ0n) is 12.6. The van der Waals surface area contributed by atoms with Gasteiger partial charge in [0.05, 0.1) is 31.2 Å². The molecule has 134 valence electrons. The van der Waals surface area contributed by atoms with E-state index in [9.17, 15) is 25.0 Å². The summed E-state index contributed by atoms with van der Waals surface area (Å²) in [6, 6.07) is 2.31. The Labute approximate surface area is 142 Å². The van der Waals surface area contributed by atoms with E-state index < -0.39 is 37.2 Å². The fourth-order valence-corrected chi connectivity index (χ4v) is 2.53. The fourth-order valence-electron chi connectivity index (χ4n) is 2.37. The Morgan fingerprint density at radius 2 is 2.12 bits per heavy atom. The molecule has 1 fully saturated rings. The Bertz CT molecular complexity index is 544. The SMILES string of the molecule is O=NN(CCCl)C(=O)N(Cc1ccco1)C1O[C@H](CO)[C@@H](O)[C@H]1O. The number of ether oxygens (including phenoxy) is 1. The van der Waals surface area contributed by atoms with Gasteiger partial charge >= 0.3 is 6.03 Å². The fraction of sp³-hybridized carbons (Fsp3) is 0.615. The molecular weight excluding hydrogens is 346 g/mol. The molecule has 3 N–H and O–H groups in total. The van der Waals surface area contributed by atoms with Gasteiger partial charge in [0.1, 0.15) is 24.1 Å². The van der Waals surface area contributed by atoms with Crippen LogP contribution in [0.15, 0.2) is 28.1 Å². The predicted molar refractivity (Wildman–Crippen MR) is 80.6 cm³/mol. The summed E-state index contributed by atoms with van der Waals surface area (Å²) in [7, 11) is 0. The van der Waals surface area contributed by atoms with Crippen molar-refractivity contribution in [3.05, 3.63) is 29.1 Å². The summed E-state index contributed by atoms with van der Waals surface area (Å²) in [6.45, 7) is -0.838. The van der Waals surface area contributed by atoms with Crippen molar-refractivity contribution in [1.82, 2.24) is 9.91 Å². The number of hydrogen-bond donors (Lipinski definition) is 3. The van der Waals surface area contributed by atoms with Gasteiger partial charge in [-0.1, -0.05) is 0 Å². The van der Waals surface area contributed by atoms with Gasteiger partial charge in [-0.2, -0.15) is 5.01 Å². The molecule has 1 unspecified atom stereocenters. The predicted octanol–water partition coefficient (Wildman–Crippen LogP) is -0.137. The van der Waals surface area contributed by atoms with Gasteiger partial charge in [-0.15, -0.1) is 16.5 Å². The van der Waals surface area contributed by atoms with Crippen LogP contribution in [0.5, 0.6) is 0 Å². The maximum Gasteiger partial charge on any atom is 0.345 e. The van der Waals surface area contributed by atoms with Gasteiger partial charge in [0, 0.05) is 5.88 Å². The van der Waals surface area contributed by atoms with E-state index in [1.54, 1.807) is 12.1 Å². The van der Waals surface area contributed by atoms with Crippen molar-refractivity contribution in [2.24, 2.45) is 5.29 Å². The Balaban J connectivity index is 2.25. The molecule has 0 aromatic carbocycles. The molecular formula is C13H18ClN3O7. The molecule has 2 heterocycles. The van der Waals surface area contributed by atoms with Crippen molar-refractivity contribution < 1.29 is 29.3 Å². The van der Waals surface area contributed by atoms with Gasteiger partial charge in [-0.3, -0.25) is 4.90 Å². The van der Waals surface area contributed by atoms with Crippen molar-refractivity contribution in [3.8, 4) is 0 Å². The van der Waals surface area contributed by atoms with Crippen LogP contribution in [0.25, 0.3) is 0 Å². The standard InChI is InChI=1S/C13H18ClN3O7/c14-3-4-17(15-22)13(21)16(6-8-2-1-5-23-8)12-11(20)10(19)9(7-18)24-12/h1-2,5,9-12,18-20H,3-4,6-7H2/t9-,10-,11-,12?/m1/s1. The summed E-state index contributed by atoms with van der Waals surface area (Å²) in [6.07, 6.45) is -3.84. The van der Waals surface area contributed by atoms with E-state index in [1.165, 1.54) is 6.26 Å². The highest BCUT2D eigenvalue weighted by Gasteiger charge is 2.47. The van der Waals surface area contributed by atoms with Crippen molar-refractivity contribution in [3.63, 3.8) is 0 Å². The number of rotatable bonds is 7. The smallest absolute Gasteiger partial charge is 0.345 e. The molecule has 2 rings (SSSR count). The number of amides is 2. The van der Waals surface area contributed by atoms with Crippen LogP contribution in [0.1, 0.15) is 5.76 Å². The van der Waals surface area contributed by atoms with Crippen LogP contribution in [0.3, 0.4) is 0 Å². The van der Waals surface area contributed by atoms with Crippen LogP contribution in [0, 0.1) is 4.91 Å². The first-order chi connectivity index (χ1) is 11.5. The van der Waals surface area contributed by atoms with Crippen LogP contribution < -0.4 is 0 Å². The first-order valence-electron chi connectivity index (χ1n) is 7.15. The van der Waals surface area contributed by atoms with Crippen molar-refractivity contribution >= 4 is 17.6 Å². The molecule has 24 heavy (non-hydrogen) atoms. The van der Waals surface area contributed by atoms with Crippen LogP contribution in [-0.2, 0) is 11.3 Å². The molecule has 0 spiro atoms. The third-order valence-corrected chi connectivity index (χ3v) is 3.76. The van der Waals surface area contributed by atoms with Crippen LogP contribution in [0.2, 0.25) is 0 Å². The molecule has 1 aliphatic heterocycles. The number of carbonyl (C=O) groups is 1. The molecule has 10 nitrogen and oxygen atoms in total. The summed E-state index contributed by atoms with van der Waals surface area (Å²) in [5, 5.41) is 32.4. The first-order valence-corrected chi connectivity index (χ1v) is 7.69. The molecule has 1 aromatic heterocycles. The largest absolute Gasteiger partial charge is 0.467 e. The Kier molecular flexibility index (Phi) is 6.52. The third-order valence-electron chi connectivity index (χ3n) is 3.59. The van der Waals surface area contributed by atoms with E-state index in [0.717, 1.165) is 4.90 Å². The Morgan fingerprint density at radius 1 is 1.38 bits per heavy atom. The summed E-state index contributed by atoms with van der Waals surface area (Å²) in [4.78, 5) is 24.4. The van der Waals surface area contributed by atoms with E-state index in [2.05, 4.69) is 5.29 Å². The minimum Gasteiger partial charge on any atom is -0.467 e. The van der Waals surface area contributed by atoms with Crippen molar-refractivity contribution in [2.75, 3.05) is 19.0 Å². The average Bonchev–Trinajstić information content (AvgIpc) is 3.19. The van der Waals surface area contributed by atoms with Gasteiger partial charge in [0.2, 0.25) is 0 Å². The molecule has 0 saturated carbocycles. The summed E-state index contributed by atoms with van der Waals surface area (Å²) >= 11 is 5.54. The maximum absolute atomic E-state index is 12.5. The molecule has 2 amide bonds. The van der Waals surface area contributed by atoms with Crippen LogP contribution >= 0.6 is 11.6 Å². The highest BCUT2D eigenvalue weighted by molar-refractivity contribution is 6.18. The van der Waals surface area contributed by atoms with Crippen molar-refractivity contribution in [2.45, 2.75) is 31.1 Å². The number of alkyl halides is 1. The molecule has 1 saturated heterocycles. The topological polar surface area (TPSA) is 136 Å². The third kappa shape index (κ3) is 3.84. The second-order valence-corrected chi connectivity index (χ2v) is 5.49. The van der Waals surface area contributed by atoms with Gasteiger partial charge < -0.3 is 24.5 Å². The van der Waals surface area contributed by atoms with E-state index in [-0.39, 0.29) is 19.0 Å². The number of hydrogen-bond acceptors (Lipinski definition) is 8. The quantitative estimate of drug-likeness (QED) is 0.348. The van der Waals surface area contributed by atoms with E-state index in [1.807, 2.05) is 0 Å². The second kappa shape index (κ2) is 8.40. The summed E-state index contributed by atoms with van der Waals surface area (Å²) in [5.74, 6) is 0.333. The molecule has 11 heteroatoms. The maximum atomic E-state index is 12.5. The molecule has 1 aliphatic rings. The normalized spacial score (nSPS) is 26.3. The molecule has 0 bridgehead atoms. The Hall–Kier alpha value is -1.72. The minimum atomic E-state index is -1.48. The lowest BCUT2D eigenvalue weighted by molar-refractivity contribution is -0.0877. The Morgan fingerprint density at radius 3 is 2.62 bits per heavy atom. The number of halogens is 1. The van der Waals surface area contributed by atoms with Crippen LogP contribution in [0.4, 0.5) is 4.79 Å². The lowest BCUT2D eigenvalue weighted by Crippen LogP contribution is -2.51. The number of furan rings is 1. The van der Waals surface area contributed by atoms with E-state index >= 15 is 0 Å². The first kappa shape index (κ1) is 18.6. The summed E-state index contributed by atoms with van der Waals surface area (Å²) in [5.41, 5.74) is 0. The molecule has 0 aliphatic carbocycles. The van der Waals surface area contributed by atoms with Gasteiger partial charge in [-0.25, -0.2) is 4.79 Å².